The first-order valence-corrected chi connectivity index (χ1v) is 6.09. The average molecular weight is 243 g/mol. The van der Waals surface area contributed by atoms with Gasteiger partial charge >= 0.3 is 0 Å². The highest BCUT2D eigenvalue weighted by Crippen LogP contribution is 2.12. The van der Waals surface area contributed by atoms with Crippen molar-refractivity contribution in [3.63, 3.8) is 0 Å². The topological polar surface area (TPSA) is 61.4 Å². The van der Waals surface area contributed by atoms with E-state index in [9.17, 15) is 9.59 Å². The number of hydrogen-bond donors (Lipinski definition) is 2. The van der Waals surface area contributed by atoms with E-state index in [1.54, 1.807) is 11.9 Å². The minimum Gasteiger partial charge on any atom is -0.359 e. The summed E-state index contributed by atoms with van der Waals surface area (Å²) < 4.78 is 0. The fourth-order valence-corrected chi connectivity index (χ4v) is 1.59. The molecule has 0 aromatic carbocycles. The molecule has 100 valence electrons. The molecule has 5 nitrogen and oxygen atoms in total. The molecular weight excluding hydrogens is 218 g/mol. The first kappa shape index (κ1) is 15.9. The molecule has 2 N–H and O–H groups in total. The van der Waals surface area contributed by atoms with E-state index in [1.807, 2.05) is 27.7 Å². The molecule has 0 saturated carbocycles. The lowest BCUT2D eigenvalue weighted by Crippen LogP contribution is -2.45. The summed E-state index contributed by atoms with van der Waals surface area (Å²) in [7, 11) is 1.62. The van der Waals surface area contributed by atoms with Crippen LogP contribution in [0.2, 0.25) is 0 Å². The third kappa shape index (κ3) is 5.17. The highest BCUT2D eigenvalue weighted by molar-refractivity contribution is 5.82. The molecule has 0 bridgehead atoms. The molecule has 0 radical (unpaired) electrons. The molecule has 0 unspecified atom stereocenters. The summed E-state index contributed by atoms with van der Waals surface area (Å²) in [4.78, 5) is 25.0. The van der Waals surface area contributed by atoms with Crippen molar-refractivity contribution in [2.45, 2.75) is 27.7 Å². The second kappa shape index (κ2) is 7.27. The third-order valence-corrected chi connectivity index (χ3v) is 2.80. The molecule has 0 aliphatic rings. The molecule has 0 rings (SSSR count). The highest BCUT2D eigenvalue weighted by atomic mass is 16.2. The quantitative estimate of drug-likeness (QED) is 0.672. The molecule has 5 heteroatoms. The van der Waals surface area contributed by atoms with Gasteiger partial charge in [0.1, 0.15) is 0 Å². The van der Waals surface area contributed by atoms with Crippen LogP contribution in [0.4, 0.5) is 0 Å². The second-order valence-electron chi connectivity index (χ2n) is 4.63. The minimum absolute atomic E-state index is 0.0275. The molecule has 2 amide bonds. The van der Waals surface area contributed by atoms with Crippen molar-refractivity contribution in [3.05, 3.63) is 0 Å². The van der Waals surface area contributed by atoms with Crippen LogP contribution in [0.25, 0.3) is 0 Å². The zero-order valence-corrected chi connectivity index (χ0v) is 11.6. The van der Waals surface area contributed by atoms with E-state index in [2.05, 4.69) is 10.6 Å². The van der Waals surface area contributed by atoms with Crippen molar-refractivity contribution < 1.29 is 9.59 Å². The first-order chi connectivity index (χ1) is 7.88. The molecule has 0 aromatic rings. The largest absolute Gasteiger partial charge is 0.359 e. The highest BCUT2D eigenvalue weighted by Gasteiger charge is 2.26. The Bertz CT molecular complexity index is 260. The van der Waals surface area contributed by atoms with E-state index < -0.39 is 5.41 Å². The smallest absolute Gasteiger partial charge is 0.236 e. The minimum atomic E-state index is -0.502. The van der Waals surface area contributed by atoms with E-state index in [1.165, 1.54) is 0 Å². The number of nitrogens with zero attached hydrogens (tertiary/aromatic N) is 1. The van der Waals surface area contributed by atoms with E-state index in [0.29, 0.717) is 6.54 Å². The monoisotopic (exact) mass is 243 g/mol. The van der Waals surface area contributed by atoms with Crippen molar-refractivity contribution in [1.82, 2.24) is 15.5 Å². The Kier molecular flexibility index (Phi) is 6.80. The summed E-state index contributed by atoms with van der Waals surface area (Å²) in [5.41, 5.74) is -0.502. The van der Waals surface area contributed by atoms with Crippen LogP contribution in [-0.4, -0.2) is 49.9 Å². The van der Waals surface area contributed by atoms with Crippen LogP contribution < -0.4 is 10.6 Å². The normalized spacial score (nSPS) is 11.1. The lowest BCUT2D eigenvalue weighted by molar-refractivity contribution is -0.131. The SMILES string of the molecule is CCN(CC)C(=O)CNCC(C)(C)C(=O)NC. The van der Waals surface area contributed by atoms with Crippen LogP contribution in [0.5, 0.6) is 0 Å². The van der Waals surface area contributed by atoms with E-state index in [0.717, 1.165) is 13.1 Å². The summed E-state index contributed by atoms with van der Waals surface area (Å²) >= 11 is 0. The van der Waals surface area contributed by atoms with E-state index in [-0.39, 0.29) is 18.4 Å². The number of nitrogens with one attached hydrogen (secondary N) is 2. The third-order valence-electron chi connectivity index (χ3n) is 2.80. The van der Waals surface area contributed by atoms with Gasteiger partial charge in [-0.05, 0) is 27.7 Å². The van der Waals surface area contributed by atoms with Gasteiger partial charge < -0.3 is 15.5 Å². The van der Waals surface area contributed by atoms with Gasteiger partial charge in [-0.1, -0.05) is 0 Å². The molecule has 0 aromatic heterocycles. The van der Waals surface area contributed by atoms with Crippen LogP contribution in [0.1, 0.15) is 27.7 Å². The van der Waals surface area contributed by atoms with Crippen LogP contribution in [-0.2, 0) is 9.59 Å². The molecule has 0 fully saturated rings. The lowest BCUT2D eigenvalue weighted by Gasteiger charge is -2.24. The van der Waals surface area contributed by atoms with Gasteiger partial charge in [0.05, 0.1) is 12.0 Å². The number of amides is 2. The van der Waals surface area contributed by atoms with Gasteiger partial charge in [0.15, 0.2) is 0 Å². The predicted molar refractivity (Wildman–Crippen MR) is 68.6 cm³/mol. The number of rotatable bonds is 7. The number of carbonyl (C=O) groups excluding carboxylic acids is 2. The summed E-state index contributed by atoms with van der Waals surface area (Å²) in [6.45, 7) is 9.81. The maximum Gasteiger partial charge on any atom is 0.236 e. The van der Waals surface area contributed by atoms with Gasteiger partial charge in [0.25, 0.3) is 0 Å². The Morgan fingerprint density at radius 3 is 2.12 bits per heavy atom. The lowest BCUT2D eigenvalue weighted by atomic mass is 9.92. The van der Waals surface area contributed by atoms with Gasteiger partial charge in [-0.3, -0.25) is 9.59 Å². The molecule has 0 aliphatic heterocycles. The molecule has 17 heavy (non-hydrogen) atoms. The van der Waals surface area contributed by atoms with Gasteiger partial charge in [0, 0.05) is 26.7 Å². The first-order valence-electron chi connectivity index (χ1n) is 6.09. The zero-order chi connectivity index (χ0) is 13.5. The summed E-state index contributed by atoms with van der Waals surface area (Å²) in [6.07, 6.45) is 0. The Labute approximate surface area is 104 Å². The molecule has 0 saturated heterocycles. The summed E-state index contributed by atoms with van der Waals surface area (Å²) in [6, 6.07) is 0. The van der Waals surface area contributed by atoms with E-state index in [4.69, 9.17) is 0 Å². The fraction of sp³-hybridized carbons (Fsp3) is 0.833. The second-order valence-corrected chi connectivity index (χ2v) is 4.63. The summed E-state index contributed by atoms with van der Waals surface area (Å²) in [5, 5.41) is 5.65. The van der Waals surface area contributed by atoms with Crippen molar-refractivity contribution in [2.24, 2.45) is 5.41 Å². The van der Waals surface area contributed by atoms with Crippen molar-refractivity contribution in [2.75, 3.05) is 33.2 Å². The maximum absolute atomic E-state index is 11.7. The molecule has 0 atom stereocenters. The van der Waals surface area contributed by atoms with Gasteiger partial charge in [-0.25, -0.2) is 0 Å². The molecule has 0 aliphatic carbocycles. The standard InChI is InChI=1S/C12H25N3O2/c1-6-15(7-2)10(16)8-14-9-12(3,4)11(17)13-5/h14H,6-9H2,1-5H3,(H,13,17). The Hall–Kier alpha value is -1.10. The van der Waals surface area contributed by atoms with Crippen molar-refractivity contribution in [1.29, 1.82) is 0 Å². The number of carbonyl (C=O) groups is 2. The van der Waals surface area contributed by atoms with E-state index >= 15 is 0 Å². The van der Waals surface area contributed by atoms with Gasteiger partial charge in [-0.15, -0.1) is 0 Å². The molecule has 0 heterocycles. The van der Waals surface area contributed by atoms with Crippen LogP contribution in [0.15, 0.2) is 0 Å². The van der Waals surface area contributed by atoms with Crippen molar-refractivity contribution in [3.8, 4) is 0 Å². The number of hydrogen-bond acceptors (Lipinski definition) is 3. The van der Waals surface area contributed by atoms with Crippen molar-refractivity contribution >= 4 is 11.8 Å². The fourth-order valence-electron chi connectivity index (χ4n) is 1.59. The predicted octanol–water partition coefficient (Wildman–Crippen LogP) is 0.217. The Morgan fingerprint density at radius 1 is 1.18 bits per heavy atom. The summed E-state index contributed by atoms with van der Waals surface area (Å²) in [5.74, 6) is 0.0444. The Morgan fingerprint density at radius 2 is 1.71 bits per heavy atom. The van der Waals surface area contributed by atoms with Gasteiger partial charge in [-0.2, -0.15) is 0 Å². The average Bonchev–Trinajstić information content (AvgIpc) is 2.29. The molecular formula is C12H25N3O2. The molecule has 0 spiro atoms. The van der Waals surface area contributed by atoms with Crippen LogP contribution >= 0.6 is 0 Å². The number of likely N-dealkylation sites (N-methyl/N-ethyl adjacent to an activating group) is 1. The van der Waals surface area contributed by atoms with Gasteiger partial charge in [0.2, 0.25) is 11.8 Å². The Balaban J connectivity index is 4.07. The zero-order valence-electron chi connectivity index (χ0n) is 11.6. The maximum atomic E-state index is 11.7. The van der Waals surface area contributed by atoms with Crippen LogP contribution in [0, 0.1) is 5.41 Å². The van der Waals surface area contributed by atoms with Crippen LogP contribution in [0.3, 0.4) is 0 Å².